The molecule has 37 heavy (non-hydrogen) atoms. The molecule has 4 nitrogen and oxygen atoms in total. The Hall–Kier alpha value is -3.27. The van der Waals surface area contributed by atoms with Crippen LogP contribution in [0.3, 0.4) is 0 Å². The van der Waals surface area contributed by atoms with Gasteiger partial charge in [-0.3, -0.25) is 9.88 Å². The van der Waals surface area contributed by atoms with Crippen molar-refractivity contribution in [3.63, 3.8) is 0 Å². The molecule has 1 atom stereocenters. The molecule has 0 aliphatic heterocycles. The molecule has 0 radical (unpaired) electrons. The van der Waals surface area contributed by atoms with Crippen molar-refractivity contribution in [1.29, 1.82) is 0 Å². The van der Waals surface area contributed by atoms with Crippen molar-refractivity contribution in [3.05, 3.63) is 155 Å². The van der Waals surface area contributed by atoms with Gasteiger partial charge in [0.2, 0.25) is 0 Å². The molecule has 0 fully saturated rings. The molecule has 190 valence electrons. The topological polar surface area (TPSA) is 47.6 Å². The molecule has 0 bridgehead atoms. The molecular formula is C32H34NO3P. The summed E-state index contributed by atoms with van der Waals surface area (Å²) < 4.78 is 24.5. The zero-order chi connectivity index (χ0) is 26.0. The van der Waals surface area contributed by atoms with Crippen molar-refractivity contribution in [2.45, 2.75) is 25.4 Å². The van der Waals surface area contributed by atoms with Gasteiger partial charge >= 0.3 is 7.60 Å². The van der Waals surface area contributed by atoms with E-state index in [1.54, 1.807) is 5.82 Å². The zero-order valence-corrected chi connectivity index (χ0v) is 22.3. The minimum atomic E-state index is -3.40. The summed E-state index contributed by atoms with van der Waals surface area (Å²) in [4.78, 5) is 0. The molecule has 1 N–H and O–H groups in total. The lowest BCUT2D eigenvalue weighted by atomic mass is 9.76. The van der Waals surface area contributed by atoms with Crippen molar-refractivity contribution in [3.8, 4) is 0 Å². The van der Waals surface area contributed by atoms with Gasteiger partial charge in [0.15, 0.2) is 0 Å². The summed E-state index contributed by atoms with van der Waals surface area (Å²) in [6.07, 6.45) is 1.91. The molecule has 0 aromatic heterocycles. The van der Waals surface area contributed by atoms with Gasteiger partial charge < -0.3 is 9.05 Å². The van der Waals surface area contributed by atoms with Crippen molar-refractivity contribution >= 4 is 7.60 Å². The summed E-state index contributed by atoms with van der Waals surface area (Å²) >= 11 is 0. The van der Waals surface area contributed by atoms with Crippen LogP contribution in [-0.4, -0.2) is 13.2 Å². The summed E-state index contributed by atoms with van der Waals surface area (Å²) in [5.74, 6) is 1.59. The van der Waals surface area contributed by atoms with E-state index in [4.69, 9.17) is 9.05 Å². The molecule has 4 rings (SSSR count). The lowest BCUT2D eigenvalue weighted by molar-refractivity contribution is 0.228. The highest BCUT2D eigenvalue weighted by Crippen LogP contribution is 2.50. The Bertz CT molecular complexity index is 1190. The molecule has 0 heterocycles. The second kappa shape index (κ2) is 12.8. The summed E-state index contributed by atoms with van der Waals surface area (Å²) in [6.45, 7) is 4.23. The van der Waals surface area contributed by atoms with Crippen LogP contribution in [0, 0.1) is 0 Å². The van der Waals surface area contributed by atoms with Crippen molar-refractivity contribution in [2.75, 3.05) is 13.2 Å². The Balaban J connectivity index is 1.93. The van der Waals surface area contributed by atoms with Crippen LogP contribution in [0.25, 0.3) is 0 Å². The van der Waals surface area contributed by atoms with Crippen LogP contribution in [0.4, 0.5) is 0 Å². The summed E-state index contributed by atoms with van der Waals surface area (Å²) in [7, 11) is -3.40. The third kappa shape index (κ3) is 6.36. The minimum Gasteiger partial charge on any atom is -0.306 e. The van der Waals surface area contributed by atoms with Gasteiger partial charge in [0.1, 0.15) is 0 Å². The Morgan fingerprint density at radius 1 is 0.676 bits per heavy atom. The quantitative estimate of drug-likeness (QED) is 0.154. The fourth-order valence-electron chi connectivity index (χ4n) is 4.63. The standard InChI is InChI=1S/C32H34NO3P/c1-3-35-37(34,36-4-2)26-25-31(27-17-9-5-10-18-27)33-32(28-19-11-6-12-20-28,29-21-13-7-14-22-29)30-23-15-8-16-24-30/h5-26,31,33H,3-4H2,1-2H3/b26-25+. The van der Waals surface area contributed by atoms with E-state index < -0.39 is 13.1 Å². The maximum absolute atomic E-state index is 13.4. The predicted molar refractivity (Wildman–Crippen MR) is 152 cm³/mol. The molecule has 0 saturated carbocycles. The Morgan fingerprint density at radius 3 is 1.43 bits per heavy atom. The van der Waals surface area contributed by atoms with Crippen LogP contribution in [0.2, 0.25) is 0 Å². The average Bonchev–Trinajstić information content (AvgIpc) is 2.95. The first-order chi connectivity index (χ1) is 18.1. The van der Waals surface area contributed by atoms with E-state index in [1.165, 1.54) is 0 Å². The van der Waals surface area contributed by atoms with Gasteiger partial charge in [-0.05, 0) is 36.1 Å². The normalized spacial score (nSPS) is 13.0. The number of nitrogens with one attached hydrogen (secondary N) is 1. The fourth-order valence-corrected chi connectivity index (χ4v) is 5.97. The molecule has 0 aliphatic carbocycles. The van der Waals surface area contributed by atoms with Gasteiger partial charge in [-0.15, -0.1) is 0 Å². The third-order valence-electron chi connectivity index (χ3n) is 6.23. The third-order valence-corrected chi connectivity index (χ3v) is 8.00. The molecule has 5 heteroatoms. The zero-order valence-electron chi connectivity index (χ0n) is 21.4. The van der Waals surface area contributed by atoms with E-state index in [0.717, 1.165) is 22.3 Å². The summed E-state index contributed by atoms with van der Waals surface area (Å²) in [5.41, 5.74) is 3.62. The van der Waals surface area contributed by atoms with Crippen LogP contribution in [0.5, 0.6) is 0 Å². The fraction of sp³-hybridized carbons (Fsp3) is 0.188. The van der Waals surface area contributed by atoms with E-state index in [1.807, 2.05) is 56.3 Å². The Labute approximate surface area is 220 Å². The van der Waals surface area contributed by atoms with E-state index >= 15 is 0 Å². The van der Waals surface area contributed by atoms with Gasteiger partial charge in [0.25, 0.3) is 0 Å². The van der Waals surface area contributed by atoms with Gasteiger partial charge in [-0.1, -0.05) is 127 Å². The van der Waals surface area contributed by atoms with E-state index in [9.17, 15) is 4.57 Å². The van der Waals surface area contributed by atoms with Gasteiger partial charge in [0, 0.05) is 5.82 Å². The first-order valence-corrected chi connectivity index (χ1v) is 14.3. The van der Waals surface area contributed by atoms with E-state index in [2.05, 4.69) is 90.2 Å². The van der Waals surface area contributed by atoms with Crippen LogP contribution in [-0.2, 0) is 19.2 Å². The number of rotatable bonds is 12. The smallest absolute Gasteiger partial charge is 0.306 e. The summed E-state index contributed by atoms with van der Waals surface area (Å²) in [5, 5.41) is 3.97. The van der Waals surface area contributed by atoms with Crippen molar-refractivity contribution < 1.29 is 13.6 Å². The average molecular weight is 512 g/mol. The largest absolute Gasteiger partial charge is 0.353 e. The molecule has 1 unspecified atom stereocenters. The second-order valence-corrected chi connectivity index (χ2v) is 10.5. The van der Waals surface area contributed by atoms with Crippen LogP contribution < -0.4 is 5.32 Å². The molecular weight excluding hydrogens is 477 g/mol. The van der Waals surface area contributed by atoms with Crippen LogP contribution >= 0.6 is 7.60 Å². The predicted octanol–water partition coefficient (Wildman–Crippen LogP) is 8.09. The van der Waals surface area contributed by atoms with Crippen LogP contribution in [0.1, 0.15) is 42.1 Å². The highest BCUT2D eigenvalue weighted by Gasteiger charge is 2.38. The minimum absolute atomic E-state index is 0.299. The summed E-state index contributed by atoms with van der Waals surface area (Å²) in [6, 6.07) is 41.1. The van der Waals surface area contributed by atoms with Crippen LogP contribution in [0.15, 0.2) is 133 Å². The maximum Gasteiger partial charge on any atom is 0.353 e. The molecule has 0 spiro atoms. The monoisotopic (exact) mass is 511 g/mol. The van der Waals surface area contributed by atoms with Gasteiger partial charge in [-0.2, -0.15) is 0 Å². The molecule has 4 aromatic rings. The SMILES string of the molecule is CCOP(=O)(/C=C/C(NC(c1ccccc1)(c1ccccc1)c1ccccc1)c1ccccc1)OCC. The number of hydrogen-bond acceptors (Lipinski definition) is 4. The first kappa shape index (κ1) is 26.8. The number of hydrogen-bond donors (Lipinski definition) is 1. The van der Waals surface area contributed by atoms with Gasteiger partial charge in [0.05, 0.1) is 24.8 Å². The molecule has 0 amide bonds. The first-order valence-electron chi connectivity index (χ1n) is 12.7. The Kier molecular flexibility index (Phi) is 9.27. The molecule has 0 aliphatic rings. The van der Waals surface area contributed by atoms with E-state index in [-0.39, 0.29) is 6.04 Å². The maximum atomic E-state index is 13.4. The lowest BCUT2D eigenvalue weighted by Gasteiger charge is -2.40. The number of benzene rings is 4. The van der Waals surface area contributed by atoms with E-state index in [0.29, 0.717) is 13.2 Å². The Morgan fingerprint density at radius 2 is 1.05 bits per heavy atom. The highest BCUT2D eigenvalue weighted by molar-refractivity contribution is 7.57. The van der Waals surface area contributed by atoms with Crippen molar-refractivity contribution in [2.24, 2.45) is 0 Å². The lowest BCUT2D eigenvalue weighted by Crippen LogP contribution is -2.46. The molecule has 0 saturated heterocycles. The van der Waals surface area contributed by atoms with Gasteiger partial charge in [-0.25, -0.2) is 0 Å². The highest BCUT2D eigenvalue weighted by atomic mass is 31.2. The second-order valence-electron chi connectivity index (χ2n) is 8.60. The van der Waals surface area contributed by atoms with Crippen molar-refractivity contribution in [1.82, 2.24) is 5.32 Å². The molecule has 4 aromatic carbocycles.